The maximum Gasteiger partial charge on any atom is 0.395 e. The lowest BCUT2D eigenvalue weighted by Gasteiger charge is -2.51. The minimum Gasteiger partial charge on any atom is -0.478 e. The molecule has 2 atom stereocenters. The summed E-state index contributed by atoms with van der Waals surface area (Å²) in [6.07, 6.45) is -3.23. The molecular formula is C12H15F3O4. The zero-order chi connectivity index (χ0) is 14.8. The normalized spacial score (nSPS) is 27.4. The van der Waals surface area contributed by atoms with Crippen LogP contribution in [0.1, 0.15) is 26.7 Å². The Labute approximate surface area is 108 Å². The molecule has 0 heterocycles. The third-order valence-corrected chi connectivity index (χ3v) is 3.44. The van der Waals surface area contributed by atoms with Crippen molar-refractivity contribution in [1.82, 2.24) is 0 Å². The topological polar surface area (TPSA) is 63.6 Å². The molecule has 0 aromatic carbocycles. The summed E-state index contributed by atoms with van der Waals surface area (Å²) in [4.78, 5) is 21.6. The van der Waals surface area contributed by atoms with Crippen LogP contribution in [-0.2, 0) is 14.3 Å². The van der Waals surface area contributed by atoms with E-state index in [0.29, 0.717) is 12.2 Å². The second-order valence-corrected chi connectivity index (χ2v) is 4.84. The highest BCUT2D eigenvalue weighted by atomic mass is 19.4. The van der Waals surface area contributed by atoms with Crippen LogP contribution in [0.2, 0.25) is 0 Å². The molecule has 108 valence electrons. The summed E-state index contributed by atoms with van der Waals surface area (Å²) in [5, 5.41) is 8.35. The SMILES string of the molecule is CC(C)C1(OC(=O)/C=C/C(=O)O)CCC1C(F)(F)F. The van der Waals surface area contributed by atoms with E-state index < -0.39 is 35.6 Å². The molecule has 1 fully saturated rings. The highest BCUT2D eigenvalue weighted by Crippen LogP contribution is 2.54. The third-order valence-electron chi connectivity index (χ3n) is 3.44. The summed E-state index contributed by atoms with van der Waals surface area (Å²) in [6, 6.07) is 0. The Morgan fingerprint density at radius 1 is 1.37 bits per heavy atom. The zero-order valence-corrected chi connectivity index (χ0v) is 10.5. The van der Waals surface area contributed by atoms with E-state index in [0.717, 1.165) is 0 Å². The quantitative estimate of drug-likeness (QED) is 0.635. The molecule has 1 N–H and O–H groups in total. The fraction of sp³-hybridized carbons (Fsp3) is 0.667. The van der Waals surface area contributed by atoms with Crippen LogP contribution in [-0.4, -0.2) is 28.8 Å². The van der Waals surface area contributed by atoms with Crippen molar-refractivity contribution in [3.8, 4) is 0 Å². The summed E-state index contributed by atoms with van der Waals surface area (Å²) in [6.45, 7) is 3.10. The largest absolute Gasteiger partial charge is 0.478 e. The van der Waals surface area contributed by atoms with E-state index in [1.807, 2.05) is 0 Å². The van der Waals surface area contributed by atoms with Gasteiger partial charge in [0.1, 0.15) is 5.60 Å². The third kappa shape index (κ3) is 3.27. The summed E-state index contributed by atoms with van der Waals surface area (Å²) < 4.78 is 43.4. The summed E-state index contributed by atoms with van der Waals surface area (Å²) in [5.74, 6) is -4.63. The van der Waals surface area contributed by atoms with Crippen molar-refractivity contribution in [2.45, 2.75) is 38.5 Å². The molecule has 1 aliphatic rings. The van der Waals surface area contributed by atoms with Gasteiger partial charge in [-0.15, -0.1) is 0 Å². The Kier molecular flexibility index (Phi) is 4.27. The molecule has 0 spiro atoms. The molecule has 0 saturated heterocycles. The Balaban J connectivity index is 2.85. The molecule has 0 radical (unpaired) electrons. The van der Waals surface area contributed by atoms with Gasteiger partial charge in [0.25, 0.3) is 0 Å². The first-order chi connectivity index (χ1) is 8.59. The van der Waals surface area contributed by atoms with E-state index in [9.17, 15) is 22.8 Å². The zero-order valence-electron chi connectivity index (χ0n) is 10.5. The van der Waals surface area contributed by atoms with Gasteiger partial charge in [-0.25, -0.2) is 9.59 Å². The van der Waals surface area contributed by atoms with Crippen molar-refractivity contribution in [3.05, 3.63) is 12.2 Å². The van der Waals surface area contributed by atoms with Crippen LogP contribution in [0.4, 0.5) is 13.2 Å². The van der Waals surface area contributed by atoms with E-state index in [2.05, 4.69) is 0 Å². The first-order valence-corrected chi connectivity index (χ1v) is 5.80. The maximum atomic E-state index is 12.8. The highest BCUT2D eigenvalue weighted by Gasteiger charge is 2.63. The highest BCUT2D eigenvalue weighted by molar-refractivity contribution is 5.91. The van der Waals surface area contributed by atoms with Crippen molar-refractivity contribution in [2.24, 2.45) is 11.8 Å². The molecular weight excluding hydrogens is 265 g/mol. The van der Waals surface area contributed by atoms with Crippen molar-refractivity contribution < 1.29 is 32.6 Å². The summed E-state index contributed by atoms with van der Waals surface area (Å²) in [7, 11) is 0. The number of rotatable bonds is 4. The molecule has 0 amide bonds. The molecule has 0 bridgehead atoms. The van der Waals surface area contributed by atoms with Gasteiger partial charge in [-0.05, 0) is 18.8 Å². The van der Waals surface area contributed by atoms with Crippen LogP contribution >= 0.6 is 0 Å². The van der Waals surface area contributed by atoms with Crippen LogP contribution < -0.4 is 0 Å². The van der Waals surface area contributed by atoms with Crippen LogP contribution in [0, 0.1) is 11.8 Å². The molecule has 0 aromatic heterocycles. The molecule has 1 aliphatic carbocycles. The number of hydrogen-bond acceptors (Lipinski definition) is 3. The average molecular weight is 280 g/mol. The number of aliphatic carboxylic acids is 1. The Morgan fingerprint density at radius 2 is 1.95 bits per heavy atom. The van der Waals surface area contributed by atoms with Gasteiger partial charge in [0.15, 0.2) is 0 Å². The number of carbonyl (C=O) groups excluding carboxylic acids is 1. The van der Waals surface area contributed by atoms with Crippen LogP contribution in [0.25, 0.3) is 0 Å². The molecule has 19 heavy (non-hydrogen) atoms. The number of halogens is 3. The van der Waals surface area contributed by atoms with Crippen molar-refractivity contribution >= 4 is 11.9 Å². The number of ether oxygens (including phenoxy) is 1. The molecule has 1 saturated carbocycles. The monoisotopic (exact) mass is 280 g/mol. The lowest BCUT2D eigenvalue weighted by molar-refractivity contribution is -0.281. The second-order valence-electron chi connectivity index (χ2n) is 4.84. The average Bonchev–Trinajstić information content (AvgIpc) is 2.18. The van der Waals surface area contributed by atoms with Crippen LogP contribution in [0.5, 0.6) is 0 Å². The molecule has 0 aliphatic heterocycles. The van der Waals surface area contributed by atoms with Gasteiger partial charge in [0.05, 0.1) is 5.92 Å². The standard InChI is InChI=1S/C12H15F3O4/c1-7(2)11(6-5-8(11)12(13,14)15)19-10(18)4-3-9(16)17/h3-4,7-8H,5-6H2,1-2H3,(H,16,17)/b4-3+. The van der Waals surface area contributed by atoms with Gasteiger partial charge in [-0.3, -0.25) is 0 Å². The second kappa shape index (κ2) is 5.22. The fourth-order valence-corrected chi connectivity index (χ4v) is 2.31. The number of esters is 1. The Morgan fingerprint density at radius 3 is 2.26 bits per heavy atom. The lowest BCUT2D eigenvalue weighted by atomic mass is 9.63. The van der Waals surface area contributed by atoms with Gasteiger partial charge in [0, 0.05) is 12.2 Å². The van der Waals surface area contributed by atoms with Gasteiger partial charge >= 0.3 is 18.1 Å². The number of carboxylic acid groups (broad SMARTS) is 1. The van der Waals surface area contributed by atoms with Gasteiger partial charge < -0.3 is 9.84 Å². The predicted octanol–water partition coefficient (Wildman–Crippen LogP) is 2.54. The van der Waals surface area contributed by atoms with Gasteiger partial charge in [-0.1, -0.05) is 13.8 Å². The van der Waals surface area contributed by atoms with E-state index in [4.69, 9.17) is 9.84 Å². The number of carboxylic acids is 1. The van der Waals surface area contributed by atoms with Crippen molar-refractivity contribution in [3.63, 3.8) is 0 Å². The Hall–Kier alpha value is -1.53. The smallest absolute Gasteiger partial charge is 0.395 e. The van der Waals surface area contributed by atoms with E-state index in [1.54, 1.807) is 13.8 Å². The maximum absolute atomic E-state index is 12.8. The fourth-order valence-electron chi connectivity index (χ4n) is 2.31. The number of alkyl halides is 3. The van der Waals surface area contributed by atoms with E-state index >= 15 is 0 Å². The molecule has 1 rings (SSSR count). The molecule has 0 aromatic rings. The minimum atomic E-state index is -4.43. The van der Waals surface area contributed by atoms with Crippen molar-refractivity contribution in [1.29, 1.82) is 0 Å². The first kappa shape index (κ1) is 15.5. The van der Waals surface area contributed by atoms with Crippen LogP contribution in [0.15, 0.2) is 12.2 Å². The Bertz CT molecular complexity index is 400. The van der Waals surface area contributed by atoms with Gasteiger partial charge in [-0.2, -0.15) is 13.2 Å². The first-order valence-electron chi connectivity index (χ1n) is 5.80. The lowest BCUT2D eigenvalue weighted by Crippen LogP contribution is -2.59. The van der Waals surface area contributed by atoms with Crippen molar-refractivity contribution in [2.75, 3.05) is 0 Å². The molecule has 4 nitrogen and oxygen atoms in total. The molecule has 2 unspecified atom stereocenters. The minimum absolute atomic E-state index is 0.0857. The van der Waals surface area contributed by atoms with Gasteiger partial charge in [0.2, 0.25) is 0 Å². The van der Waals surface area contributed by atoms with E-state index in [1.165, 1.54) is 0 Å². The molecule has 7 heteroatoms. The number of carbonyl (C=O) groups is 2. The summed E-state index contributed by atoms with van der Waals surface area (Å²) in [5.41, 5.74) is -1.59. The predicted molar refractivity (Wildman–Crippen MR) is 59.2 cm³/mol. The van der Waals surface area contributed by atoms with E-state index in [-0.39, 0.29) is 12.8 Å². The summed E-state index contributed by atoms with van der Waals surface area (Å²) >= 11 is 0. The number of hydrogen-bond donors (Lipinski definition) is 1. The van der Waals surface area contributed by atoms with Crippen LogP contribution in [0.3, 0.4) is 0 Å².